The fourth-order valence-corrected chi connectivity index (χ4v) is 2.78. The summed E-state index contributed by atoms with van der Waals surface area (Å²) in [5, 5.41) is 3.59. The van der Waals surface area contributed by atoms with Gasteiger partial charge in [-0.05, 0) is 43.5 Å². The molecule has 1 unspecified atom stereocenters. The van der Waals surface area contributed by atoms with Crippen LogP contribution in [0.15, 0.2) is 24.5 Å². The summed E-state index contributed by atoms with van der Waals surface area (Å²) in [6.45, 7) is 8.02. The third-order valence-corrected chi connectivity index (χ3v) is 3.95. The molecule has 0 saturated carbocycles. The van der Waals surface area contributed by atoms with Gasteiger partial charge in [0.25, 0.3) is 0 Å². The predicted molar refractivity (Wildman–Crippen MR) is 80.3 cm³/mol. The fraction of sp³-hybridized carbons (Fsp3) is 0.688. The minimum Gasteiger partial charge on any atom is -0.313 e. The number of pyridine rings is 1. The maximum Gasteiger partial charge on any atom is 0.0270 e. The van der Waals surface area contributed by atoms with Crippen LogP contribution >= 0.6 is 0 Å². The Bertz CT molecular complexity index is 350. The molecule has 1 fully saturated rings. The third kappa shape index (κ3) is 4.92. The molecule has 3 nitrogen and oxygen atoms in total. The van der Waals surface area contributed by atoms with Crippen molar-refractivity contribution in [2.45, 2.75) is 51.6 Å². The second-order valence-electron chi connectivity index (χ2n) is 5.85. The van der Waals surface area contributed by atoms with Crippen molar-refractivity contribution in [2.75, 3.05) is 19.6 Å². The Hall–Kier alpha value is -0.930. The van der Waals surface area contributed by atoms with Gasteiger partial charge in [-0.25, -0.2) is 0 Å². The second-order valence-corrected chi connectivity index (χ2v) is 5.85. The zero-order chi connectivity index (χ0) is 13.5. The standard InChI is InChI=1S/C16H27N3/c1-14(2)18-13-16-5-3-4-11-19(16)12-8-15-6-9-17-10-7-15/h6-7,9-10,14,16,18H,3-5,8,11-13H2,1-2H3. The number of piperidine rings is 1. The van der Waals surface area contributed by atoms with Crippen molar-refractivity contribution >= 4 is 0 Å². The average molecular weight is 261 g/mol. The largest absolute Gasteiger partial charge is 0.313 e. The van der Waals surface area contributed by atoms with Gasteiger partial charge in [0.1, 0.15) is 0 Å². The van der Waals surface area contributed by atoms with Crippen molar-refractivity contribution in [1.82, 2.24) is 15.2 Å². The van der Waals surface area contributed by atoms with Gasteiger partial charge in [-0.1, -0.05) is 20.3 Å². The molecular weight excluding hydrogens is 234 g/mol. The van der Waals surface area contributed by atoms with Crippen LogP contribution in [0.25, 0.3) is 0 Å². The molecule has 1 aliphatic heterocycles. The van der Waals surface area contributed by atoms with E-state index in [-0.39, 0.29) is 0 Å². The van der Waals surface area contributed by atoms with E-state index in [0.717, 1.165) is 19.0 Å². The van der Waals surface area contributed by atoms with Gasteiger partial charge in [0, 0.05) is 37.6 Å². The zero-order valence-corrected chi connectivity index (χ0v) is 12.3. The lowest BCUT2D eigenvalue weighted by Crippen LogP contribution is -2.47. The Labute approximate surface area is 117 Å². The molecule has 1 aromatic heterocycles. The number of nitrogens with one attached hydrogen (secondary N) is 1. The highest BCUT2D eigenvalue weighted by molar-refractivity contribution is 5.10. The zero-order valence-electron chi connectivity index (χ0n) is 12.3. The number of likely N-dealkylation sites (tertiary alicyclic amines) is 1. The molecular formula is C16H27N3. The van der Waals surface area contributed by atoms with Crippen LogP contribution in [0.5, 0.6) is 0 Å². The van der Waals surface area contributed by atoms with Crippen molar-refractivity contribution < 1.29 is 0 Å². The van der Waals surface area contributed by atoms with E-state index in [4.69, 9.17) is 0 Å². The normalized spacial score (nSPS) is 20.9. The van der Waals surface area contributed by atoms with E-state index in [1.54, 1.807) is 0 Å². The summed E-state index contributed by atoms with van der Waals surface area (Å²) < 4.78 is 0. The highest BCUT2D eigenvalue weighted by atomic mass is 15.2. The number of hydrogen-bond donors (Lipinski definition) is 1. The molecule has 0 bridgehead atoms. The minimum absolute atomic E-state index is 0.587. The van der Waals surface area contributed by atoms with Crippen molar-refractivity contribution in [3.8, 4) is 0 Å². The van der Waals surface area contributed by atoms with Gasteiger partial charge in [-0.3, -0.25) is 9.88 Å². The lowest BCUT2D eigenvalue weighted by Gasteiger charge is -2.36. The Morgan fingerprint density at radius 3 is 2.84 bits per heavy atom. The Morgan fingerprint density at radius 2 is 2.11 bits per heavy atom. The molecule has 0 spiro atoms. The minimum atomic E-state index is 0.587. The van der Waals surface area contributed by atoms with Gasteiger partial charge in [-0.2, -0.15) is 0 Å². The van der Waals surface area contributed by atoms with Gasteiger partial charge in [0.05, 0.1) is 0 Å². The molecule has 2 heterocycles. The molecule has 0 aliphatic carbocycles. The summed E-state index contributed by atoms with van der Waals surface area (Å²) in [4.78, 5) is 6.75. The van der Waals surface area contributed by atoms with Crippen molar-refractivity contribution in [2.24, 2.45) is 0 Å². The molecule has 0 aromatic carbocycles. The van der Waals surface area contributed by atoms with Crippen LogP contribution in [0.2, 0.25) is 0 Å². The quantitative estimate of drug-likeness (QED) is 0.852. The van der Waals surface area contributed by atoms with Crippen molar-refractivity contribution in [3.05, 3.63) is 30.1 Å². The van der Waals surface area contributed by atoms with Crippen LogP contribution in [0, 0.1) is 0 Å². The number of aromatic nitrogens is 1. The van der Waals surface area contributed by atoms with Crippen LogP contribution in [0.4, 0.5) is 0 Å². The smallest absolute Gasteiger partial charge is 0.0270 e. The first kappa shape index (κ1) is 14.5. The Balaban J connectivity index is 1.82. The van der Waals surface area contributed by atoms with Crippen molar-refractivity contribution in [1.29, 1.82) is 0 Å². The summed E-state index contributed by atoms with van der Waals surface area (Å²) in [5.74, 6) is 0. The lowest BCUT2D eigenvalue weighted by atomic mass is 10.0. The number of rotatable bonds is 6. The monoisotopic (exact) mass is 261 g/mol. The van der Waals surface area contributed by atoms with E-state index in [2.05, 4.69) is 41.2 Å². The van der Waals surface area contributed by atoms with Crippen LogP contribution in [0.1, 0.15) is 38.7 Å². The van der Waals surface area contributed by atoms with E-state index >= 15 is 0 Å². The van der Waals surface area contributed by atoms with Crippen molar-refractivity contribution in [3.63, 3.8) is 0 Å². The Morgan fingerprint density at radius 1 is 1.32 bits per heavy atom. The molecule has 1 saturated heterocycles. The SMILES string of the molecule is CC(C)NCC1CCCCN1CCc1ccncc1. The Kier molecular flexibility index (Phi) is 5.80. The molecule has 1 aliphatic rings. The topological polar surface area (TPSA) is 28.2 Å². The fourth-order valence-electron chi connectivity index (χ4n) is 2.78. The molecule has 2 rings (SSSR count). The number of hydrogen-bond acceptors (Lipinski definition) is 3. The predicted octanol–water partition coefficient (Wildman–Crippen LogP) is 2.48. The van der Waals surface area contributed by atoms with Gasteiger partial charge in [-0.15, -0.1) is 0 Å². The van der Waals surface area contributed by atoms with E-state index in [1.807, 2.05) is 12.4 Å². The molecule has 0 radical (unpaired) electrons. The summed E-state index contributed by atoms with van der Waals surface area (Å²) in [6.07, 6.45) is 9.01. The molecule has 19 heavy (non-hydrogen) atoms. The molecule has 1 N–H and O–H groups in total. The maximum absolute atomic E-state index is 4.08. The first-order valence-electron chi connectivity index (χ1n) is 7.62. The van der Waals surface area contributed by atoms with E-state index < -0.39 is 0 Å². The maximum atomic E-state index is 4.08. The summed E-state index contributed by atoms with van der Waals surface area (Å²) in [5.41, 5.74) is 1.40. The van der Waals surface area contributed by atoms with E-state index in [1.165, 1.54) is 37.9 Å². The average Bonchev–Trinajstić information content (AvgIpc) is 2.45. The van der Waals surface area contributed by atoms with E-state index in [0.29, 0.717) is 6.04 Å². The molecule has 1 atom stereocenters. The molecule has 3 heteroatoms. The van der Waals surface area contributed by atoms with Gasteiger partial charge in [0.2, 0.25) is 0 Å². The van der Waals surface area contributed by atoms with Crippen LogP contribution < -0.4 is 5.32 Å². The van der Waals surface area contributed by atoms with Gasteiger partial charge < -0.3 is 5.32 Å². The molecule has 0 amide bonds. The highest BCUT2D eigenvalue weighted by Gasteiger charge is 2.21. The summed E-state index contributed by atoms with van der Waals surface area (Å²) in [6, 6.07) is 5.57. The second kappa shape index (κ2) is 7.61. The molecule has 106 valence electrons. The van der Waals surface area contributed by atoms with Crippen LogP contribution in [-0.4, -0.2) is 41.6 Å². The highest BCUT2D eigenvalue weighted by Crippen LogP contribution is 2.17. The van der Waals surface area contributed by atoms with Gasteiger partial charge >= 0.3 is 0 Å². The first-order valence-corrected chi connectivity index (χ1v) is 7.62. The lowest BCUT2D eigenvalue weighted by molar-refractivity contribution is 0.145. The summed E-state index contributed by atoms with van der Waals surface area (Å²) in [7, 11) is 0. The van der Waals surface area contributed by atoms with Gasteiger partial charge in [0.15, 0.2) is 0 Å². The summed E-state index contributed by atoms with van der Waals surface area (Å²) >= 11 is 0. The first-order chi connectivity index (χ1) is 9.25. The third-order valence-electron chi connectivity index (χ3n) is 3.95. The van der Waals surface area contributed by atoms with Crippen LogP contribution in [-0.2, 0) is 6.42 Å². The molecule has 1 aromatic rings. The number of nitrogens with zero attached hydrogens (tertiary/aromatic N) is 2. The van der Waals surface area contributed by atoms with E-state index in [9.17, 15) is 0 Å². The van der Waals surface area contributed by atoms with Crippen LogP contribution in [0.3, 0.4) is 0 Å².